The fourth-order valence-electron chi connectivity index (χ4n) is 4.99. The number of benzene rings is 2. The first-order valence-corrected chi connectivity index (χ1v) is 12.0. The van der Waals surface area contributed by atoms with E-state index in [1.54, 1.807) is 12.1 Å². The van der Waals surface area contributed by atoms with Crippen LogP contribution in [0.2, 0.25) is 0 Å². The van der Waals surface area contributed by atoms with Crippen LogP contribution in [0.4, 0.5) is 5.69 Å². The minimum absolute atomic E-state index is 0.0956. The number of hydrogen-bond acceptors (Lipinski definition) is 4. The van der Waals surface area contributed by atoms with Crippen molar-refractivity contribution >= 4 is 27.6 Å². The summed E-state index contributed by atoms with van der Waals surface area (Å²) in [5.74, 6) is 0.317. The lowest BCUT2D eigenvalue weighted by Gasteiger charge is -2.28. The van der Waals surface area contributed by atoms with Gasteiger partial charge < -0.3 is 10.4 Å². The minimum Gasteiger partial charge on any atom is -0.478 e. The monoisotopic (exact) mass is 442 g/mol. The van der Waals surface area contributed by atoms with Crippen LogP contribution in [0.5, 0.6) is 0 Å². The Morgan fingerprint density at radius 1 is 0.968 bits per heavy atom. The molecule has 2 aromatic carbocycles. The van der Waals surface area contributed by atoms with Crippen LogP contribution in [0.15, 0.2) is 53.4 Å². The van der Waals surface area contributed by atoms with Crippen molar-refractivity contribution in [2.24, 2.45) is 17.8 Å². The average Bonchev–Trinajstić information content (AvgIpc) is 3.38. The summed E-state index contributed by atoms with van der Waals surface area (Å²) in [5, 5.41) is 11.6. The summed E-state index contributed by atoms with van der Waals surface area (Å²) in [6, 6.07) is 11.5. The molecule has 0 aliphatic heterocycles. The van der Waals surface area contributed by atoms with Crippen LogP contribution in [0.25, 0.3) is 0 Å². The summed E-state index contributed by atoms with van der Waals surface area (Å²) in [7, 11) is -3.64. The summed E-state index contributed by atoms with van der Waals surface area (Å²) in [4.78, 5) is 23.4. The van der Waals surface area contributed by atoms with Crippen LogP contribution in [0.1, 0.15) is 53.3 Å². The highest BCUT2D eigenvalue weighted by atomic mass is 32.2. The summed E-state index contributed by atoms with van der Waals surface area (Å²) in [6.45, 7) is 1.95. The zero-order chi connectivity index (χ0) is 22.2. The van der Waals surface area contributed by atoms with Crippen molar-refractivity contribution in [3.05, 3.63) is 59.7 Å². The van der Waals surface area contributed by atoms with E-state index in [0.29, 0.717) is 23.1 Å². The maximum Gasteiger partial charge on any atom is 0.335 e. The predicted molar refractivity (Wildman–Crippen MR) is 117 cm³/mol. The lowest BCUT2D eigenvalue weighted by atomic mass is 9.84. The highest BCUT2D eigenvalue weighted by molar-refractivity contribution is 7.89. The lowest BCUT2D eigenvalue weighted by Crippen LogP contribution is -2.40. The van der Waals surface area contributed by atoms with Crippen molar-refractivity contribution in [1.29, 1.82) is 0 Å². The van der Waals surface area contributed by atoms with Crippen molar-refractivity contribution in [2.75, 3.05) is 5.32 Å². The van der Waals surface area contributed by atoms with Gasteiger partial charge in [-0.25, -0.2) is 17.9 Å². The number of nitrogens with one attached hydrogen (secondary N) is 2. The Bertz CT molecular complexity index is 1080. The van der Waals surface area contributed by atoms with Crippen molar-refractivity contribution < 1.29 is 23.1 Å². The number of carbonyl (C=O) groups excluding carboxylic acids is 1. The Morgan fingerprint density at radius 2 is 1.61 bits per heavy atom. The summed E-state index contributed by atoms with van der Waals surface area (Å²) < 4.78 is 28.4. The number of fused-ring (bicyclic) bond motifs is 2. The first kappa shape index (κ1) is 21.5. The van der Waals surface area contributed by atoms with Gasteiger partial charge in [-0.3, -0.25) is 4.79 Å². The third-order valence-corrected chi connectivity index (χ3v) is 8.17. The molecule has 4 atom stereocenters. The van der Waals surface area contributed by atoms with E-state index in [0.717, 1.165) is 12.3 Å². The molecule has 31 heavy (non-hydrogen) atoms. The molecule has 0 radical (unpaired) electrons. The van der Waals surface area contributed by atoms with Gasteiger partial charge in [0.2, 0.25) is 10.0 Å². The van der Waals surface area contributed by atoms with E-state index in [1.807, 2.05) is 6.92 Å². The van der Waals surface area contributed by atoms with Crippen molar-refractivity contribution in [3.8, 4) is 0 Å². The summed E-state index contributed by atoms with van der Waals surface area (Å²) in [6.07, 6.45) is 4.81. The molecule has 2 aromatic rings. The van der Waals surface area contributed by atoms with E-state index in [2.05, 4.69) is 10.0 Å². The van der Waals surface area contributed by atoms with Crippen LogP contribution in [-0.4, -0.2) is 31.4 Å². The van der Waals surface area contributed by atoms with E-state index in [1.165, 1.54) is 55.7 Å². The number of amides is 1. The zero-order valence-electron chi connectivity index (χ0n) is 17.2. The highest BCUT2D eigenvalue weighted by Crippen LogP contribution is 2.49. The molecule has 4 rings (SSSR count). The van der Waals surface area contributed by atoms with Crippen molar-refractivity contribution in [2.45, 2.75) is 43.5 Å². The van der Waals surface area contributed by atoms with Gasteiger partial charge in [0.15, 0.2) is 0 Å². The molecule has 2 aliphatic carbocycles. The van der Waals surface area contributed by atoms with Crippen LogP contribution in [0, 0.1) is 17.8 Å². The number of carboxylic acid groups (broad SMARTS) is 1. The van der Waals surface area contributed by atoms with E-state index in [-0.39, 0.29) is 16.5 Å². The van der Waals surface area contributed by atoms with E-state index in [9.17, 15) is 18.0 Å². The molecule has 2 aliphatic rings. The number of aromatic carboxylic acids is 1. The Hall–Kier alpha value is -2.71. The molecule has 3 N–H and O–H groups in total. The molecule has 0 unspecified atom stereocenters. The van der Waals surface area contributed by atoms with Crippen LogP contribution in [-0.2, 0) is 10.0 Å². The molecule has 8 heteroatoms. The van der Waals surface area contributed by atoms with Gasteiger partial charge in [-0.2, -0.15) is 0 Å². The average molecular weight is 443 g/mol. The van der Waals surface area contributed by atoms with Gasteiger partial charge in [-0.15, -0.1) is 0 Å². The number of carboxylic acids is 1. The molecule has 0 aromatic heterocycles. The molecule has 0 heterocycles. The summed E-state index contributed by atoms with van der Waals surface area (Å²) >= 11 is 0. The van der Waals surface area contributed by atoms with Gasteiger partial charge >= 0.3 is 5.97 Å². The molecule has 2 saturated carbocycles. The predicted octanol–water partition coefficient (Wildman–Crippen LogP) is 3.74. The fraction of sp³-hybridized carbons (Fsp3) is 0.391. The van der Waals surface area contributed by atoms with Gasteiger partial charge in [0.25, 0.3) is 5.91 Å². The topological polar surface area (TPSA) is 113 Å². The third kappa shape index (κ3) is 4.65. The molecular formula is C23H26N2O5S. The van der Waals surface area contributed by atoms with Gasteiger partial charge in [0.1, 0.15) is 0 Å². The lowest BCUT2D eigenvalue weighted by molar-refractivity contribution is 0.0696. The smallest absolute Gasteiger partial charge is 0.335 e. The quantitative estimate of drug-likeness (QED) is 0.605. The largest absolute Gasteiger partial charge is 0.478 e. The van der Waals surface area contributed by atoms with Crippen molar-refractivity contribution in [1.82, 2.24) is 4.72 Å². The fourth-order valence-corrected chi connectivity index (χ4v) is 6.29. The van der Waals surface area contributed by atoms with Crippen molar-refractivity contribution in [3.63, 3.8) is 0 Å². The SMILES string of the molecule is C[C@H](NS(=O)(=O)c1ccc(NC(=O)c2ccc(C(=O)O)cc2)cc1)[C@@H]1C[C@H]2CC[C@H]1C2. The van der Waals surface area contributed by atoms with Gasteiger partial charge in [0.05, 0.1) is 10.5 Å². The molecule has 0 saturated heterocycles. The molecule has 2 bridgehead atoms. The number of carbonyl (C=O) groups is 2. The minimum atomic E-state index is -3.64. The number of anilines is 1. The first-order valence-electron chi connectivity index (χ1n) is 10.5. The highest BCUT2D eigenvalue weighted by Gasteiger charge is 2.42. The molecular weight excluding hydrogens is 416 g/mol. The normalized spacial score (nSPS) is 23.5. The molecule has 1 amide bonds. The molecule has 7 nitrogen and oxygen atoms in total. The second kappa shape index (κ2) is 8.43. The van der Waals surface area contributed by atoms with E-state index < -0.39 is 21.9 Å². The van der Waals surface area contributed by atoms with E-state index >= 15 is 0 Å². The van der Waals surface area contributed by atoms with Gasteiger partial charge in [-0.1, -0.05) is 6.42 Å². The van der Waals surface area contributed by atoms with E-state index in [4.69, 9.17) is 5.11 Å². The Labute approximate surface area is 181 Å². The second-order valence-corrected chi connectivity index (χ2v) is 10.3. The zero-order valence-corrected chi connectivity index (χ0v) is 18.1. The van der Waals surface area contributed by atoms with Crippen LogP contribution in [0.3, 0.4) is 0 Å². The molecule has 164 valence electrons. The van der Waals surface area contributed by atoms with Gasteiger partial charge in [0, 0.05) is 17.3 Å². The number of rotatable bonds is 7. The molecule has 0 spiro atoms. The van der Waals surface area contributed by atoms with Crippen LogP contribution >= 0.6 is 0 Å². The maximum absolute atomic E-state index is 12.8. The van der Waals surface area contributed by atoms with Gasteiger partial charge in [-0.05, 0) is 92.5 Å². The first-order chi connectivity index (χ1) is 14.7. The molecule has 2 fully saturated rings. The third-order valence-electron chi connectivity index (χ3n) is 6.59. The second-order valence-electron chi connectivity index (χ2n) is 8.61. The van der Waals surface area contributed by atoms with Crippen LogP contribution < -0.4 is 10.0 Å². The summed E-state index contributed by atoms with van der Waals surface area (Å²) in [5.41, 5.74) is 0.855. The Morgan fingerprint density at radius 3 is 2.16 bits per heavy atom. The Balaban J connectivity index is 1.38. The Kier molecular flexibility index (Phi) is 5.85. The standard InChI is InChI=1S/C23H26N2O5S/c1-14(21-13-15-2-3-18(21)12-15)25-31(29,30)20-10-8-19(9-11-20)24-22(26)16-4-6-17(7-5-16)23(27)28/h4-11,14-15,18,21,25H,2-3,12-13H2,1H3,(H,24,26)(H,27,28)/t14-,15-,18-,21-/m0/s1. The number of hydrogen-bond donors (Lipinski definition) is 3. The number of sulfonamides is 1. The maximum atomic E-state index is 12.8.